The lowest BCUT2D eigenvalue weighted by atomic mass is 9.94. The lowest BCUT2D eigenvalue weighted by Gasteiger charge is -2.46. The number of aliphatic hydroxyl groups excluding tert-OH is 1. The van der Waals surface area contributed by atoms with Gasteiger partial charge in [-0.25, -0.2) is 0 Å². The third-order valence-electron chi connectivity index (χ3n) is 8.32. The summed E-state index contributed by atoms with van der Waals surface area (Å²) in [6.45, 7) is 0.192. The van der Waals surface area contributed by atoms with Gasteiger partial charge in [0.1, 0.15) is 18.6 Å². The fourth-order valence-electron chi connectivity index (χ4n) is 6.18. The van der Waals surface area contributed by atoms with Crippen LogP contribution in [0.2, 0.25) is 0 Å². The zero-order valence-corrected chi connectivity index (χ0v) is 20.8. The molecule has 2 saturated heterocycles. The quantitative estimate of drug-likeness (QED) is 0.278. The molecule has 2 heterocycles. The van der Waals surface area contributed by atoms with Gasteiger partial charge in [-0.3, -0.25) is 9.59 Å². The predicted octanol–water partition coefficient (Wildman–Crippen LogP) is 5.00. The molecule has 0 spiro atoms. The number of carbonyl (C=O) groups is 2. The highest BCUT2D eigenvalue weighted by molar-refractivity contribution is 5.97. The summed E-state index contributed by atoms with van der Waals surface area (Å²) in [5.41, 5.74) is 3.76. The average Bonchev–Trinajstić information content (AvgIpc) is 3.06. The molecule has 3 aromatic rings. The zero-order chi connectivity index (χ0) is 25.1. The monoisotopic (exact) mass is 484 g/mol. The van der Waals surface area contributed by atoms with Crippen molar-refractivity contribution in [1.82, 2.24) is 0 Å². The Morgan fingerprint density at radius 1 is 0.861 bits per heavy atom. The molecular weight excluding hydrogens is 450 g/mol. The van der Waals surface area contributed by atoms with Gasteiger partial charge in [-0.15, -0.1) is 0 Å². The molecule has 186 valence electrons. The molecular formula is C31H34NO4+. The minimum atomic E-state index is -0.660. The predicted molar refractivity (Wildman–Crippen MR) is 139 cm³/mol. The van der Waals surface area contributed by atoms with Crippen LogP contribution in [-0.2, 0) is 9.53 Å². The molecule has 5 nitrogen and oxygen atoms in total. The van der Waals surface area contributed by atoms with Crippen molar-refractivity contribution < 1.29 is 23.9 Å². The summed E-state index contributed by atoms with van der Waals surface area (Å²) in [5.74, 6) is -0.861. The van der Waals surface area contributed by atoms with E-state index in [1.54, 1.807) is 0 Å². The molecule has 0 aliphatic carbocycles. The highest BCUT2D eigenvalue weighted by Gasteiger charge is 2.53. The van der Waals surface area contributed by atoms with Crippen LogP contribution in [0.5, 0.6) is 0 Å². The van der Waals surface area contributed by atoms with E-state index < -0.39 is 5.92 Å². The molecule has 2 unspecified atom stereocenters. The molecule has 1 N–H and O–H groups in total. The number of rotatable bonds is 8. The maximum atomic E-state index is 13.3. The first kappa shape index (κ1) is 24.4. The van der Waals surface area contributed by atoms with E-state index in [4.69, 9.17) is 4.74 Å². The van der Waals surface area contributed by atoms with E-state index >= 15 is 0 Å². The SMILES string of the molecule is C[N+]1(CC(=O)c2ccc(-c3ccccc3)cc2)[C@@H]2CC[C@H]1CC(OC(=O)[C@H](CO)c1ccccc1)C2. The first-order valence-corrected chi connectivity index (χ1v) is 12.9. The van der Waals surface area contributed by atoms with Gasteiger partial charge in [-0.05, 0) is 16.7 Å². The second-order valence-electron chi connectivity index (χ2n) is 10.4. The molecule has 5 heteroatoms. The summed E-state index contributed by atoms with van der Waals surface area (Å²) in [7, 11) is 2.19. The number of quaternary nitrogens is 1. The van der Waals surface area contributed by atoms with Crippen LogP contribution in [-0.4, -0.2) is 59.7 Å². The number of esters is 1. The van der Waals surface area contributed by atoms with Gasteiger partial charge >= 0.3 is 5.97 Å². The first-order valence-electron chi connectivity index (χ1n) is 12.9. The van der Waals surface area contributed by atoms with Crippen LogP contribution in [0.15, 0.2) is 84.9 Å². The maximum absolute atomic E-state index is 13.3. The number of hydrogen-bond donors (Lipinski definition) is 1. The zero-order valence-electron chi connectivity index (χ0n) is 20.8. The molecule has 0 amide bonds. The smallest absolute Gasteiger partial charge is 0.316 e. The van der Waals surface area contributed by atoms with Gasteiger partial charge in [0.15, 0.2) is 0 Å². The number of Topliss-reactive ketones (excluding diaryl/α,β-unsaturated/α-hetero) is 1. The first-order chi connectivity index (χ1) is 17.5. The third-order valence-corrected chi connectivity index (χ3v) is 8.32. The number of ether oxygens (including phenoxy) is 1. The minimum Gasteiger partial charge on any atom is -0.461 e. The van der Waals surface area contributed by atoms with Crippen molar-refractivity contribution in [2.24, 2.45) is 0 Å². The van der Waals surface area contributed by atoms with Gasteiger partial charge in [0.25, 0.3) is 0 Å². The second kappa shape index (κ2) is 10.4. The number of carbonyl (C=O) groups excluding carboxylic acids is 2. The van der Waals surface area contributed by atoms with Crippen molar-refractivity contribution in [2.75, 3.05) is 20.2 Å². The Balaban J connectivity index is 1.22. The van der Waals surface area contributed by atoms with E-state index in [0.29, 0.717) is 18.6 Å². The Morgan fingerprint density at radius 3 is 2.00 bits per heavy atom. The van der Waals surface area contributed by atoms with Crippen molar-refractivity contribution in [3.63, 3.8) is 0 Å². The molecule has 0 radical (unpaired) electrons. The second-order valence-corrected chi connectivity index (χ2v) is 10.4. The number of fused-ring (bicyclic) bond motifs is 2. The molecule has 0 saturated carbocycles. The Labute approximate surface area is 212 Å². The van der Waals surface area contributed by atoms with Crippen LogP contribution >= 0.6 is 0 Å². The van der Waals surface area contributed by atoms with Gasteiger partial charge in [-0.2, -0.15) is 0 Å². The number of aliphatic hydroxyl groups is 1. The van der Waals surface area contributed by atoms with Gasteiger partial charge < -0.3 is 14.3 Å². The largest absolute Gasteiger partial charge is 0.461 e. The van der Waals surface area contributed by atoms with Gasteiger partial charge in [0, 0.05) is 31.2 Å². The van der Waals surface area contributed by atoms with E-state index in [-0.39, 0.29) is 24.5 Å². The summed E-state index contributed by atoms with van der Waals surface area (Å²) in [4.78, 5) is 26.2. The van der Waals surface area contributed by atoms with Gasteiger partial charge in [0.2, 0.25) is 5.78 Å². The highest BCUT2D eigenvalue weighted by atomic mass is 16.5. The summed E-state index contributed by atoms with van der Waals surface area (Å²) in [6.07, 6.45) is 3.42. The van der Waals surface area contributed by atoms with Gasteiger partial charge in [-0.1, -0.05) is 84.9 Å². The fourth-order valence-corrected chi connectivity index (χ4v) is 6.18. The summed E-state index contributed by atoms with van der Waals surface area (Å²) < 4.78 is 6.64. The number of ketones is 1. The van der Waals surface area contributed by atoms with Crippen molar-refractivity contribution in [3.05, 3.63) is 96.1 Å². The molecule has 2 fully saturated rings. The topological polar surface area (TPSA) is 63.6 Å². The van der Waals surface area contributed by atoms with E-state index in [2.05, 4.69) is 19.2 Å². The van der Waals surface area contributed by atoms with Crippen LogP contribution < -0.4 is 0 Å². The van der Waals surface area contributed by atoms with Crippen molar-refractivity contribution >= 4 is 11.8 Å². The molecule has 3 aromatic carbocycles. The number of piperidine rings is 1. The normalized spacial score (nSPS) is 25.8. The molecule has 2 aliphatic rings. The summed E-state index contributed by atoms with van der Waals surface area (Å²) in [6, 6.07) is 28.0. The number of benzene rings is 3. The van der Waals surface area contributed by atoms with E-state index in [0.717, 1.165) is 52.4 Å². The molecule has 2 aliphatic heterocycles. The Hall–Kier alpha value is -3.28. The molecule has 2 bridgehead atoms. The van der Waals surface area contributed by atoms with Crippen LogP contribution in [0.25, 0.3) is 11.1 Å². The lowest BCUT2D eigenvalue weighted by Crippen LogP contribution is -2.60. The number of nitrogens with zero attached hydrogens (tertiary/aromatic N) is 1. The summed E-state index contributed by atoms with van der Waals surface area (Å²) in [5, 5.41) is 9.83. The number of likely N-dealkylation sites (N-methyl/N-ethyl adjacent to an activating group) is 1. The highest BCUT2D eigenvalue weighted by Crippen LogP contribution is 2.42. The molecule has 0 aromatic heterocycles. The van der Waals surface area contributed by atoms with Gasteiger partial charge in [0.05, 0.1) is 25.7 Å². The van der Waals surface area contributed by atoms with Crippen molar-refractivity contribution in [3.8, 4) is 11.1 Å². The summed E-state index contributed by atoms with van der Waals surface area (Å²) >= 11 is 0. The Bertz CT molecular complexity index is 1180. The maximum Gasteiger partial charge on any atom is 0.316 e. The number of hydrogen-bond acceptors (Lipinski definition) is 4. The van der Waals surface area contributed by atoms with Crippen LogP contribution in [0.1, 0.15) is 47.5 Å². The molecule has 5 rings (SSSR count). The molecule has 36 heavy (non-hydrogen) atoms. The third kappa shape index (κ3) is 4.86. The van der Waals surface area contributed by atoms with Crippen LogP contribution in [0.3, 0.4) is 0 Å². The van der Waals surface area contributed by atoms with Crippen LogP contribution in [0, 0.1) is 0 Å². The minimum absolute atomic E-state index is 0.161. The van der Waals surface area contributed by atoms with Crippen LogP contribution in [0.4, 0.5) is 0 Å². The standard InChI is InChI=1S/C31H34NO4/c1-32(20-30(34)25-14-12-23(13-15-25)22-8-4-2-5-9-22)26-16-17-27(32)19-28(18-26)36-31(35)29(21-33)24-10-6-3-7-11-24/h2-15,26-29,33H,16-21H2,1H3/q+1/t26-,27+,28?,29-,32?/m1/s1. The Morgan fingerprint density at radius 2 is 1.42 bits per heavy atom. The fraction of sp³-hybridized carbons (Fsp3) is 0.355. The molecule has 5 atom stereocenters. The van der Waals surface area contributed by atoms with Crippen molar-refractivity contribution in [1.29, 1.82) is 0 Å². The van der Waals surface area contributed by atoms with E-state index in [1.165, 1.54) is 0 Å². The van der Waals surface area contributed by atoms with E-state index in [9.17, 15) is 14.7 Å². The average molecular weight is 485 g/mol. The Kier molecular flexibility index (Phi) is 7.04. The lowest BCUT2D eigenvalue weighted by molar-refractivity contribution is -0.941. The van der Waals surface area contributed by atoms with Crippen molar-refractivity contribution in [2.45, 2.75) is 49.8 Å². The van der Waals surface area contributed by atoms with E-state index in [1.807, 2.05) is 72.8 Å².